The van der Waals surface area contributed by atoms with E-state index in [0.29, 0.717) is 48.1 Å². The van der Waals surface area contributed by atoms with Crippen LogP contribution < -0.4 is 24.8 Å². The lowest BCUT2D eigenvalue weighted by Crippen LogP contribution is -2.47. The molecule has 0 aliphatic carbocycles. The SMILES string of the molecule is COc1ccc(CN(C)C[C@@H]2OCCCC[C@@H](C)Oc3ccc(NC(=O)Nc4ccc(OC)cc4)cc3C(=O)N([C@@H](C)CO)C[C@H]2C)cc1. The minimum Gasteiger partial charge on any atom is -0.497 e. The Hall–Kier alpha value is -4.32. The second-order valence-corrected chi connectivity index (χ2v) is 12.9. The van der Waals surface area contributed by atoms with E-state index in [4.69, 9.17) is 18.9 Å². The fraction of sp³-hybridized carbons (Fsp3) is 0.474. The molecular weight excluding hydrogens is 624 g/mol. The zero-order valence-electron chi connectivity index (χ0n) is 29.6. The van der Waals surface area contributed by atoms with Gasteiger partial charge < -0.3 is 39.6 Å². The Morgan fingerprint density at radius 1 is 0.980 bits per heavy atom. The molecule has 49 heavy (non-hydrogen) atoms. The highest BCUT2D eigenvalue weighted by atomic mass is 16.5. The molecule has 3 N–H and O–H groups in total. The predicted molar refractivity (Wildman–Crippen MR) is 192 cm³/mol. The van der Waals surface area contributed by atoms with E-state index in [1.165, 1.54) is 0 Å². The molecule has 11 nitrogen and oxygen atoms in total. The number of nitrogens with zero attached hydrogens (tertiary/aromatic N) is 2. The Balaban J connectivity index is 1.56. The van der Waals surface area contributed by atoms with Gasteiger partial charge in [-0.15, -0.1) is 0 Å². The van der Waals surface area contributed by atoms with Gasteiger partial charge in [0.05, 0.1) is 44.6 Å². The monoisotopic (exact) mass is 676 g/mol. The van der Waals surface area contributed by atoms with Crippen molar-refractivity contribution in [1.29, 1.82) is 0 Å². The maximum atomic E-state index is 14.4. The first kappa shape index (κ1) is 37.5. The molecule has 0 bridgehead atoms. The van der Waals surface area contributed by atoms with E-state index in [1.807, 2.05) is 26.0 Å². The van der Waals surface area contributed by atoms with Gasteiger partial charge in [-0.3, -0.25) is 9.69 Å². The van der Waals surface area contributed by atoms with E-state index >= 15 is 0 Å². The van der Waals surface area contributed by atoms with Crippen LogP contribution in [0.25, 0.3) is 0 Å². The number of rotatable bonds is 10. The third-order valence-corrected chi connectivity index (χ3v) is 8.76. The van der Waals surface area contributed by atoms with Crippen LogP contribution >= 0.6 is 0 Å². The molecule has 0 spiro atoms. The van der Waals surface area contributed by atoms with E-state index in [1.54, 1.807) is 61.6 Å². The van der Waals surface area contributed by atoms with Crippen LogP contribution in [0, 0.1) is 5.92 Å². The van der Waals surface area contributed by atoms with Gasteiger partial charge in [-0.25, -0.2) is 4.79 Å². The van der Waals surface area contributed by atoms with Gasteiger partial charge in [-0.1, -0.05) is 19.1 Å². The number of aliphatic hydroxyl groups excluding tert-OH is 1. The van der Waals surface area contributed by atoms with Crippen LogP contribution in [0.15, 0.2) is 66.7 Å². The molecule has 0 fully saturated rings. The molecule has 0 saturated carbocycles. The molecule has 1 aliphatic rings. The number of ether oxygens (including phenoxy) is 4. The molecule has 3 aromatic rings. The van der Waals surface area contributed by atoms with Crippen LogP contribution in [-0.4, -0.2) is 92.7 Å². The number of amides is 3. The van der Waals surface area contributed by atoms with E-state index < -0.39 is 12.1 Å². The molecule has 0 unspecified atom stereocenters. The van der Waals surface area contributed by atoms with Crippen LogP contribution in [0.5, 0.6) is 17.2 Å². The first-order valence-corrected chi connectivity index (χ1v) is 17.0. The van der Waals surface area contributed by atoms with Gasteiger partial charge in [-0.05, 0) is 100 Å². The maximum Gasteiger partial charge on any atom is 0.323 e. The third-order valence-electron chi connectivity index (χ3n) is 8.76. The number of benzene rings is 3. The molecule has 0 aromatic heterocycles. The number of carbonyl (C=O) groups is 2. The molecule has 0 saturated heterocycles. The Morgan fingerprint density at radius 2 is 1.61 bits per heavy atom. The molecule has 3 aromatic carbocycles. The highest BCUT2D eigenvalue weighted by Gasteiger charge is 2.30. The number of hydrogen-bond donors (Lipinski definition) is 3. The topological polar surface area (TPSA) is 122 Å². The number of nitrogens with one attached hydrogen (secondary N) is 2. The minimum atomic E-state index is -0.471. The normalized spacial score (nSPS) is 19.6. The highest BCUT2D eigenvalue weighted by Crippen LogP contribution is 2.29. The molecule has 1 heterocycles. The van der Waals surface area contributed by atoms with E-state index in [2.05, 4.69) is 41.6 Å². The van der Waals surface area contributed by atoms with E-state index in [9.17, 15) is 14.7 Å². The number of hydrogen-bond acceptors (Lipinski definition) is 8. The molecular formula is C38H52N4O7. The summed E-state index contributed by atoms with van der Waals surface area (Å²) in [6.07, 6.45) is 2.27. The van der Waals surface area contributed by atoms with Crippen LogP contribution in [0.3, 0.4) is 0 Å². The van der Waals surface area contributed by atoms with Crippen molar-refractivity contribution in [3.63, 3.8) is 0 Å². The molecule has 3 amide bonds. The van der Waals surface area contributed by atoms with Crippen molar-refractivity contribution in [2.75, 3.05) is 58.2 Å². The zero-order chi connectivity index (χ0) is 35.3. The maximum absolute atomic E-state index is 14.4. The molecule has 4 atom stereocenters. The molecule has 4 rings (SSSR count). The largest absolute Gasteiger partial charge is 0.497 e. The Morgan fingerprint density at radius 3 is 2.27 bits per heavy atom. The Labute approximate surface area is 290 Å². The van der Waals surface area contributed by atoms with Gasteiger partial charge in [0.2, 0.25) is 0 Å². The number of fused-ring (bicyclic) bond motifs is 1. The predicted octanol–water partition coefficient (Wildman–Crippen LogP) is 6.28. The van der Waals surface area contributed by atoms with Crippen LogP contribution in [0.1, 0.15) is 56.0 Å². The Kier molecular flexibility index (Phi) is 14.1. The second kappa shape index (κ2) is 18.4. The van der Waals surface area contributed by atoms with Crippen molar-refractivity contribution in [2.45, 2.75) is 64.8 Å². The summed E-state index contributed by atoms with van der Waals surface area (Å²) in [5.74, 6) is 1.58. The van der Waals surface area contributed by atoms with Gasteiger partial charge in [0.15, 0.2) is 0 Å². The summed E-state index contributed by atoms with van der Waals surface area (Å²) in [5.41, 5.74) is 2.50. The first-order valence-electron chi connectivity index (χ1n) is 17.0. The average molecular weight is 677 g/mol. The van der Waals surface area contributed by atoms with Crippen LogP contribution in [0.2, 0.25) is 0 Å². The fourth-order valence-corrected chi connectivity index (χ4v) is 5.85. The number of anilines is 2. The zero-order valence-corrected chi connectivity index (χ0v) is 29.6. The van der Waals surface area contributed by atoms with Gasteiger partial charge in [0, 0.05) is 43.5 Å². The van der Waals surface area contributed by atoms with Crippen LogP contribution in [0.4, 0.5) is 16.2 Å². The van der Waals surface area contributed by atoms with E-state index in [-0.39, 0.29) is 30.6 Å². The Bertz CT molecular complexity index is 1480. The molecule has 0 radical (unpaired) electrons. The van der Waals surface area contributed by atoms with Crippen molar-refractivity contribution >= 4 is 23.3 Å². The van der Waals surface area contributed by atoms with Gasteiger partial charge >= 0.3 is 6.03 Å². The lowest BCUT2D eigenvalue weighted by Gasteiger charge is -2.36. The second-order valence-electron chi connectivity index (χ2n) is 12.9. The number of carbonyl (C=O) groups excluding carboxylic acids is 2. The third kappa shape index (κ3) is 11.1. The number of likely N-dealkylation sites (N-methyl/N-ethyl adjacent to an activating group) is 1. The number of aliphatic hydroxyl groups is 1. The summed E-state index contributed by atoms with van der Waals surface area (Å²) in [4.78, 5) is 31.2. The summed E-state index contributed by atoms with van der Waals surface area (Å²) in [6.45, 7) is 8.04. The summed E-state index contributed by atoms with van der Waals surface area (Å²) < 4.78 is 23.3. The summed E-state index contributed by atoms with van der Waals surface area (Å²) in [7, 11) is 5.31. The van der Waals surface area contributed by atoms with Crippen molar-refractivity contribution in [3.05, 3.63) is 77.9 Å². The summed E-state index contributed by atoms with van der Waals surface area (Å²) >= 11 is 0. The molecule has 11 heteroatoms. The smallest absolute Gasteiger partial charge is 0.323 e. The number of urea groups is 1. The van der Waals surface area contributed by atoms with Gasteiger partial charge in [0.25, 0.3) is 5.91 Å². The average Bonchev–Trinajstić information content (AvgIpc) is 3.10. The quantitative estimate of drug-likeness (QED) is 0.230. The van der Waals surface area contributed by atoms with E-state index in [0.717, 1.165) is 37.1 Å². The molecule has 266 valence electrons. The fourth-order valence-electron chi connectivity index (χ4n) is 5.85. The first-order chi connectivity index (χ1) is 23.6. The van der Waals surface area contributed by atoms with Crippen molar-refractivity contribution in [2.24, 2.45) is 5.92 Å². The minimum absolute atomic E-state index is 0.0564. The van der Waals surface area contributed by atoms with Crippen molar-refractivity contribution in [1.82, 2.24) is 9.80 Å². The van der Waals surface area contributed by atoms with Crippen LogP contribution in [-0.2, 0) is 11.3 Å². The lowest BCUT2D eigenvalue weighted by atomic mass is 10.0. The van der Waals surface area contributed by atoms with Gasteiger partial charge in [-0.2, -0.15) is 0 Å². The standard InChI is InChI=1S/C38H52N4O7/c1-26-22-42(27(2)25-43)37(44)34-21-31(40-38(45)39-30-12-17-33(47-6)18-13-30)14-19-35(34)49-28(3)9-7-8-20-48-36(26)24-41(4)23-29-10-15-32(46-5)16-11-29/h10-19,21,26-28,36,43H,7-9,20,22-25H2,1-6H3,(H2,39,40,45)/t26-,27+,28-,36+/m1/s1. The van der Waals surface area contributed by atoms with Gasteiger partial charge in [0.1, 0.15) is 17.2 Å². The summed E-state index contributed by atoms with van der Waals surface area (Å²) in [6, 6.07) is 19.2. The lowest BCUT2D eigenvalue weighted by molar-refractivity contribution is -0.0177. The number of methoxy groups -OCH3 is 2. The van der Waals surface area contributed by atoms with Crippen molar-refractivity contribution in [3.8, 4) is 17.2 Å². The molecule has 1 aliphatic heterocycles. The highest BCUT2D eigenvalue weighted by molar-refractivity contribution is 6.02. The summed E-state index contributed by atoms with van der Waals surface area (Å²) in [5, 5.41) is 15.9. The van der Waals surface area contributed by atoms with Crippen molar-refractivity contribution < 1.29 is 33.6 Å².